The third kappa shape index (κ3) is 6.25. The molecule has 0 saturated carbocycles. The van der Waals surface area contributed by atoms with E-state index in [1.165, 1.54) is 6.07 Å². The molecule has 0 aliphatic rings. The van der Waals surface area contributed by atoms with Crippen LogP contribution in [0.2, 0.25) is 0 Å². The average molecular weight is 343 g/mol. The van der Waals surface area contributed by atoms with Gasteiger partial charge < -0.3 is 16.0 Å². The molecule has 0 radical (unpaired) electrons. The van der Waals surface area contributed by atoms with Crippen molar-refractivity contribution >= 4 is 11.9 Å². The summed E-state index contributed by atoms with van der Waals surface area (Å²) in [4.78, 5) is 23.6. The average Bonchev–Trinajstić information content (AvgIpc) is 2.61. The molecule has 0 saturated heterocycles. The summed E-state index contributed by atoms with van der Waals surface area (Å²) in [6.45, 7) is 2.43. The van der Waals surface area contributed by atoms with Gasteiger partial charge in [0, 0.05) is 24.7 Å². The third-order valence-electron chi connectivity index (χ3n) is 3.59. The molecule has 3 amide bonds. The van der Waals surface area contributed by atoms with E-state index in [1.807, 2.05) is 13.0 Å². The minimum absolute atomic E-state index is 0.185. The maximum atomic E-state index is 13.6. The number of hydrogen-bond acceptors (Lipinski definition) is 2. The molecule has 5 nitrogen and oxygen atoms in total. The van der Waals surface area contributed by atoms with E-state index in [1.54, 1.807) is 42.5 Å². The second-order valence-electron chi connectivity index (χ2n) is 5.72. The van der Waals surface area contributed by atoms with E-state index in [4.69, 9.17) is 0 Å². The SMILES string of the molecule is C[C@@H](Cc1ccccc1F)NC(=O)NCCNC(=O)c1ccccc1. The molecule has 0 aromatic heterocycles. The highest BCUT2D eigenvalue weighted by molar-refractivity contribution is 5.94. The maximum Gasteiger partial charge on any atom is 0.315 e. The van der Waals surface area contributed by atoms with Crippen LogP contribution in [0, 0.1) is 5.82 Å². The van der Waals surface area contributed by atoms with Crippen molar-refractivity contribution in [3.8, 4) is 0 Å². The number of benzene rings is 2. The van der Waals surface area contributed by atoms with E-state index in [0.29, 0.717) is 30.6 Å². The number of carbonyl (C=O) groups excluding carboxylic acids is 2. The predicted molar refractivity (Wildman–Crippen MR) is 94.9 cm³/mol. The number of nitrogens with one attached hydrogen (secondary N) is 3. The van der Waals surface area contributed by atoms with Gasteiger partial charge in [0.1, 0.15) is 5.82 Å². The first kappa shape index (κ1) is 18.4. The molecular formula is C19H22FN3O2. The zero-order chi connectivity index (χ0) is 18.1. The van der Waals surface area contributed by atoms with Gasteiger partial charge in [0.05, 0.1) is 0 Å². The topological polar surface area (TPSA) is 70.2 Å². The van der Waals surface area contributed by atoms with Crippen LogP contribution in [0.15, 0.2) is 54.6 Å². The Bertz CT molecular complexity index is 707. The molecule has 0 heterocycles. The summed E-state index contributed by atoms with van der Waals surface area (Å²) in [6, 6.07) is 14.8. The third-order valence-corrected chi connectivity index (χ3v) is 3.59. The Labute approximate surface area is 146 Å². The summed E-state index contributed by atoms with van der Waals surface area (Å²) in [5, 5.41) is 8.13. The molecule has 2 aromatic rings. The van der Waals surface area contributed by atoms with E-state index < -0.39 is 0 Å². The van der Waals surface area contributed by atoms with Gasteiger partial charge in [-0.1, -0.05) is 36.4 Å². The molecule has 2 rings (SSSR count). The molecule has 0 fully saturated rings. The van der Waals surface area contributed by atoms with E-state index >= 15 is 0 Å². The highest BCUT2D eigenvalue weighted by atomic mass is 19.1. The number of urea groups is 1. The molecule has 0 bridgehead atoms. The van der Waals surface area contributed by atoms with Crippen LogP contribution in [-0.2, 0) is 6.42 Å². The van der Waals surface area contributed by atoms with Crippen LogP contribution in [0.4, 0.5) is 9.18 Å². The summed E-state index contributed by atoms with van der Waals surface area (Å²) in [7, 11) is 0. The first-order chi connectivity index (χ1) is 12.1. The number of hydrogen-bond donors (Lipinski definition) is 3. The van der Waals surface area contributed by atoms with Crippen LogP contribution in [0.1, 0.15) is 22.8 Å². The normalized spacial score (nSPS) is 11.4. The van der Waals surface area contributed by atoms with Gasteiger partial charge in [-0.3, -0.25) is 4.79 Å². The first-order valence-corrected chi connectivity index (χ1v) is 8.17. The molecule has 6 heteroatoms. The van der Waals surface area contributed by atoms with Gasteiger partial charge in [-0.05, 0) is 37.1 Å². The Morgan fingerprint density at radius 3 is 2.32 bits per heavy atom. The van der Waals surface area contributed by atoms with Crippen LogP contribution in [0.5, 0.6) is 0 Å². The summed E-state index contributed by atoms with van der Waals surface area (Å²) in [6.07, 6.45) is 0.408. The van der Waals surface area contributed by atoms with E-state index in [-0.39, 0.29) is 23.8 Å². The minimum Gasteiger partial charge on any atom is -0.350 e. The number of carbonyl (C=O) groups is 2. The largest absolute Gasteiger partial charge is 0.350 e. The summed E-state index contributed by atoms with van der Waals surface area (Å²) >= 11 is 0. The van der Waals surface area contributed by atoms with Crippen molar-refractivity contribution < 1.29 is 14.0 Å². The molecule has 0 aliphatic heterocycles. The van der Waals surface area contributed by atoms with Crippen molar-refractivity contribution in [1.82, 2.24) is 16.0 Å². The van der Waals surface area contributed by atoms with Crippen LogP contribution in [0.3, 0.4) is 0 Å². The molecule has 3 N–H and O–H groups in total. The molecule has 132 valence electrons. The Morgan fingerprint density at radius 2 is 1.60 bits per heavy atom. The van der Waals surface area contributed by atoms with Crippen molar-refractivity contribution in [3.05, 3.63) is 71.5 Å². The quantitative estimate of drug-likeness (QED) is 0.676. The van der Waals surface area contributed by atoms with Crippen molar-refractivity contribution in [2.24, 2.45) is 0 Å². The molecule has 2 aromatic carbocycles. The Morgan fingerprint density at radius 1 is 0.960 bits per heavy atom. The van der Waals surface area contributed by atoms with Crippen molar-refractivity contribution in [1.29, 1.82) is 0 Å². The Hall–Kier alpha value is -2.89. The molecular weight excluding hydrogens is 321 g/mol. The van der Waals surface area contributed by atoms with Gasteiger partial charge in [-0.2, -0.15) is 0 Å². The smallest absolute Gasteiger partial charge is 0.315 e. The Kier molecular flexibility index (Phi) is 6.95. The van der Waals surface area contributed by atoms with Crippen molar-refractivity contribution in [2.75, 3.05) is 13.1 Å². The number of rotatable bonds is 7. The highest BCUT2D eigenvalue weighted by Gasteiger charge is 2.10. The molecule has 0 aliphatic carbocycles. The zero-order valence-corrected chi connectivity index (χ0v) is 14.1. The number of halogens is 1. The fraction of sp³-hybridized carbons (Fsp3) is 0.263. The molecule has 1 atom stereocenters. The van der Waals surface area contributed by atoms with Gasteiger partial charge in [0.25, 0.3) is 5.91 Å². The Balaban J connectivity index is 1.65. The van der Waals surface area contributed by atoms with Crippen LogP contribution < -0.4 is 16.0 Å². The van der Waals surface area contributed by atoms with Gasteiger partial charge in [-0.15, -0.1) is 0 Å². The summed E-state index contributed by atoms with van der Waals surface area (Å²) in [5.41, 5.74) is 1.14. The first-order valence-electron chi connectivity index (χ1n) is 8.17. The van der Waals surface area contributed by atoms with E-state index in [2.05, 4.69) is 16.0 Å². The fourth-order valence-electron chi connectivity index (χ4n) is 2.36. The van der Waals surface area contributed by atoms with Crippen LogP contribution in [0.25, 0.3) is 0 Å². The second-order valence-corrected chi connectivity index (χ2v) is 5.72. The van der Waals surface area contributed by atoms with Crippen molar-refractivity contribution in [3.63, 3.8) is 0 Å². The van der Waals surface area contributed by atoms with Gasteiger partial charge >= 0.3 is 6.03 Å². The summed E-state index contributed by atoms with van der Waals surface area (Å²) < 4.78 is 13.6. The molecule has 0 unspecified atom stereocenters. The van der Waals surface area contributed by atoms with E-state index in [9.17, 15) is 14.0 Å². The van der Waals surface area contributed by atoms with Gasteiger partial charge in [0.15, 0.2) is 0 Å². The standard InChI is InChI=1S/C19H22FN3O2/c1-14(13-16-9-5-6-10-17(16)20)23-19(25)22-12-11-21-18(24)15-7-3-2-4-8-15/h2-10,14H,11-13H2,1H3,(H,21,24)(H2,22,23,25)/t14-/m0/s1. The van der Waals surface area contributed by atoms with Crippen molar-refractivity contribution in [2.45, 2.75) is 19.4 Å². The zero-order valence-electron chi connectivity index (χ0n) is 14.1. The van der Waals surface area contributed by atoms with Gasteiger partial charge in [-0.25, -0.2) is 9.18 Å². The predicted octanol–water partition coefficient (Wildman–Crippen LogP) is 2.49. The second kappa shape index (κ2) is 9.42. The van der Waals surface area contributed by atoms with Crippen LogP contribution >= 0.6 is 0 Å². The minimum atomic E-state index is -0.349. The van der Waals surface area contributed by atoms with Crippen LogP contribution in [-0.4, -0.2) is 31.1 Å². The van der Waals surface area contributed by atoms with Gasteiger partial charge in [0.2, 0.25) is 0 Å². The number of amides is 3. The highest BCUT2D eigenvalue weighted by Crippen LogP contribution is 2.08. The lowest BCUT2D eigenvalue weighted by Crippen LogP contribution is -2.44. The summed E-state index contributed by atoms with van der Waals surface area (Å²) in [5.74, 6) is -0.462. The fourth-order valence-corrected chi connectivity index (χ4v) is 2.36. The lowest BCUT2D eigenvalue weighted by molar-refractivity contribution is 0.0954. The molecule has 25 heavy (non-hydrogen) atoms. The lowest BCUT2D eigenvalue weighted by Gasteiger charge is -2.15. The molecule has 0 spiro atoms. The lowest BCUT2D eigenvalue weighted by atomic mass is 10.1. The monoisotopic (exact) mass is 343 g/mol. The van der Waals surface area contributed by atoms with E-state index in [0.717, 1.165) is 0 Å². The maximum absolute atomic E-state index is 13.6.